The van der Waals surface area contributed by atoms with Gasteiger partial charge in [-0.3, -0.25) is 0 Å². The fraction of sp³-hybridized carbons (Fsp3) is 0.600. The monoisotopic (exact) mass is 248 g/mol. The van der Waals surface area contributed by atoms with E-state index in [1.54, 1.807) is 0 Å². The lowest BCUT2D eigenvalue weighted by atomic mass is 10.0. The van der Waals surface area contributed by atoms with Gasteiger partial charge in [0.2, 0.25) is 0 Å². The van der Waals surface area contributed by atoms with E-state index in [0.717, 1.165) is 32.8 Å². The van der Waals surface area contributed by atoms with E-state index in [1.165, 1.54) is 22.3 Å². The Hall–Kier alpha value is -0.900. The van der Waals surface area contributed by atoms with Gasteiger partial charge in [-0.15, -0.1) is 0 Å². The highest BCUT2D eigenvalue weighted by atomic mass is 16.5. The molecule has 1 aromatic carbocycles. The summed E-state index contributed by atoms with van der Waals surface area (Å²) in [6.45, 7) is 11.1. The quantitative estimate of drug-likeness (QED) is 0.851. The fourth-order valence-corrected chi connectivity index (χ4v) is 2.34. The maximum Gasteiger partial charge on any atom is 0.0632 e. The Morgan fingerprint density at radius 1 is 1.22 bits per heavy atom. The standard InChI is InChI=1S/C15H24N2O/c1-11-6-13(3)14(7-12(11)2)8-16-9-15-10-18-5-4-17-15/h6-7,15-17H,4-5,8-10H2,1-3H3. The number of hydrogen-bond donors (Lipinski definition) is 2. The number of aryl methyl sites for hydroxylation is 3. The first kappa shape index (κ1) is 13.5. The van der Waals surface area contributed by atoms with Gasteiger partial charge in [-0.2, -0.15) is 0 Å². The summed E-state index contributed by atoms with van der Waals surface area (Å²) < 4.78 is 5.44. The lowest BCUT2D eigenvalue weighted by Crippen LogP contribution is -2.47. The van der Waals surface area contributed by atoms with Gasteiger partial charge in [-0.25, -0.2) is 0 Å². The minimum atomic E-state index is 0.450. The van der Waals surface area contributed by atoms with Gasteiger partial charge in [0, 0.05) is 25.7 Å². The number of hydrogen-bond acceptors (Lipinski definition) is 3. The molecule has 0 aromatic heterocycles. The molecule has 18 heavy (non-hydrogen) atoms. The molecular formula is C15H24N2O. The highest BCUT2D eigenvalue weighted by Gasteiger charge is 2.12. The minimum absolute atomic E-state index is 0.450. The van der Waals surface area contributed by atoms with Crippen molar-refractivity contribution in [1.29, 1.82) is 0 Å². The summed E-state index contributed by atoms with van der Waals surface area (Å²) in [5, 5.41) is 6.97. The minimum Gasteiger partial charge on any atom is -0.378 e. The van der Waals surface area contributed by atoms with Gasteiger partial charge in [0.15, 0.2) is 0 Å². The summed E-state index contributed by atoms with van der Waals surface area (Å²) in [5.74, 6) is 0. The molecule has 1 unspecified atom stereocenters. The van der Waals surface area contributed by atoms with Crippen LogP contribution < -0.4 is 10.6 Å². The van der Waals surface area contributed by atoms with E-state index in [-0.39, 0.29) is 0 Å². The van der Waals surface area contributed by atoms with Crippen LogP contribution in [0.2, 0.25) is 0 Å². The average Bonchev–Trinajstić information content (AvgIpc) is 2.37. The molecule has 0 radical (unpaired) electrons. The SMILES string of the molecule is Cc1cc(C)c(CNCC2COCCN2)cc1C. The van der Waals surface area contributed by atoms with Gasteiger partial charge >= 0.3 is 0 Å². The molecule has 1 fully saturated rings. The molecule has 100 valence electrons. The first-order chi connectivity index (χ1) is 8.66. The molecule has 1 atom stereocenters. The lowest BCUT2D eigenvalue weighted by Gasteiger charge is -2.24. The van der Waals surface area contributed by atoms with Crippen molar-refractivity contribution < 1.29 is 4.74 Å². The molecule has 1 heterocycles. The van der Waals surface area contributed by atoms with Gasteiger partial charge in [0.05, 0.1) is 13.2 Å². The summed E-state index contributed by atoms with van der Waals surface area (Å²) in [6.07, 6.45) is 0. The number of ether oxygens (including phenoxy) is 1. The van der Waals surface area contributed by atoms with E-state index in [1.807, 2.05) is 0 Å². The Bertz CT molecular complexity index is 398. The maximum absolute atomic E-state index is 5.44. The number of morpholine rings is 1. The third-order valence-electron chi connectivity index (χ3n) is 3.66. The molecular weight excluding hydrogens is 224 g/mol. The van der Waals surface area contributed by atoms with Gasteiger partial charge in [0.1, 0.15) is 0 Å². The Kier molecular flexibility index (Phi) is 4.75. The van der Waals surface area contributed by atoms with Crippen LogP contribution in [0.4, 0.5) is 0 Å². The largest absolute Gasteiger partial charge is 0.378 e. The number of nitrogens with one attached hydrogen (secondary N) is 2. The fourth-order valence-electron chi connectivity index (χ4n) is 2.34. The smallest absolute Gasteiger partial charge is 0.0632 e. The molecule has 2 N–H and O–H groups in total. The van der Waals surface area contributed by atoms with E-state index >= 15 is 0 Å². The number of rotatable bonds is 4. The van der Waals surface area contributed by atoms with Crippen LogP contribution in [-0.2, 0) is 11.3 Å². The second kappa shape index (κ2) is 6.32. The van der Waals surface area contributed by atoms with Crippen molar-refractivity contribution in [2.24, 2.45) is 0 Å². The van der Waals surface area contributed by atoms with Gasteiger partial charge in [-0.05, 0) is 43.0 Å². The van der Waals surface area contributed by atoms with E-state index in [4.69, 9.17) is 4.74 Å². The molecule has 1 aromatic rings. The van der Waals surface area contributed by atoms with Crippen LogP contribution in [0.3, 0.4) is 0 Å². The first-order valence-electron chi connectivity index (χ1n) is 6.75. The molecule has 1 aliphatic rings. The summed E-state index contributed by atoms with van der Waals surface area (Å²) in [7, 11) is 0. The van der Waals surface area contributed by atoms with Crippen molar-refractivity contribution in [3.63, 3.8) is 0 Å². The Labute approximate surface area is 110 Å². The predicted octanol–water partition coefficient (Wildman–Crippen LogP) is 1.69. The normalized spacial score (nSPS) is 20.1. The molecule has 1 saturated heterocycles. The van der Waals surface area contributed by atoms with Gasteiger partial charge in [-0.1, -0.05) is 12.1 Å². The maximum atomic E-state index is 5.44. The van der Waals surface area contributed by atoms with E-state index in [9.17, 15) is 0 Å². The predicted molar refractivity (Wildman–Crippen MR) is 75.0 cm³/mol. The highest BCUT2D eigenvalue weighted by Crippen LogP contribution is 2.15. The highest BCUT2D eigenvalue weighted by molar-refractivity contribution is 5.36. The van der Waals surface area contributed by atoms with Crippen LogP contribution >= 0.6 is 0 Å². The lowest BCUT2D eigenvalue weighted by molar-refractivity contribution is 0.0766. The number of benzene rings is 1. The Balaban J connectivity index is 1.84. The molecule has 0 bridgehead atoms. The summed E-state index contributed by atoms with van der Waals surface area (Å²) in [6, 6.07) is 5.02. The van der Waals surface area contributed by atoms with Crippen molar-refractivity contribution in [1.82, 2.24) is 10.6 Å². The van der Waals surface area contributed by atoms with Crippen molar-refractivity contribution in [3.05, 3.63) is 34.4 Å². The van der Waals surface area contributed by atoms with E-state index in [2.05, 4.69) is 43.5 Å². The first-order valence-corrected chi connectivity index (χ1v) is 6.75. The van der Waals surface area contributed by atoms with Crippen LogP contribution in [0.5, 0.6) is 0 Å². The second-order valence-electron chi connectivity index (χ2n) is 5.22. The summed E-state index contributed by atoms with van der Waals surface area (Å²) >= 11 is 0. The zero-order valence-electron chi connectivity index (χ0n) is 11.7. The third-order valence-corrected chi connectivity index (χ3v) is 3.66. The van der Waals surface area contributed by atoms with E-state index < -0.39 is 0 Å². The van der Waals surface area contributed by atoms with Crippen LogP contribution in [0, 0.1) is 20.8 Å². The third kappa shape index (κ3) is 3.55. The molecule has 3 heteroatoms. The summed E-state index contributed by atoms with van der Waals surface area (Å²) in [5.41, 5.74) is 5.52. The van der Waals surface area contributed by atoms with Crippen molar-refractivity contribution in [3.8, 4) is 0 Å². The molecule has 0 saturated carbocycles. The molecule has 1 aliphatic heterocycles. The zero-order chi connectivity index (χ0) is 13.0. The molecule has 0 aliphatic carbocycles. The van der Waals surface area contributed by atoms with Crippen LogP contribution in [0.1, 0.15) is 22.3 Å². The van der Waals surface area contributed by atoms with Crippen LogP contribution in [-0.4, -0.2) is 32.3 Å². The van der Waals surface area contributed by atoms with Crippen LogP contribution in [0.25, 0.3) is 0 Å². The van der Waals surface area contributed by atoms with Gasteiger partial charge in [0.25, 0.3) is 0 Å². The second-order valence-corrected chi connectivity index (χ2v) is 5.22. The Morgan fingerprint density at radius 3 is 2.72 bits per heavy atom. The Morgan fingerprint density at radius 2 is 2.00 bits per heavy atom. The molecule has 2 rings (SSSR count). The van der Waals surface area contributed by atoms with E-state index in [0.29, 0.717) is 6.04 Å². The molecule has 0 spiro atoms. The van der Waals surface area contributed by atoms with Crippen molar-refractivity contribution >= 4 is 0 Å². The molecule has 3 nitrogen and oxygen atoms in total. The molecule has 0 amide bonds. The van der Waals surface area contributed by atoms with Gasteiger partial charge < -0.3 is 15.4 Å². The van der Waals surface area contributed by atoms with Crippen molar-refractivity contribution in [2.45, 2.75) is 33.4 Å². The van der Waals surface area contributed by atoms with Crippen molar-refractivity contribution in [2.75, 3.05) is 26.3 Å². The zero-order valence-corrected chi connectivity index (χ0v) is 11.7. The van der Waals surface area contributed by atoms with Crippen LogP contribution in [0.15, 0.2) is 12.1 Å². The average molecular weight is 248 g/mol. The summed E-state index contributed by atoms with van der Waals surface area (Å²) in [4.78, 5) is 0. The topological polar surface area (TPSA) is 33.3 Å².